The molecule has 0 bridgehead atoms. The molecule has 0 aliphatic carbocycles. The van der Waals surface area contributed by atoms with Crippen LogP contribution in [0.3, 0.4) is 0 Å². The molecule has 0 radical (unpaired) electrons. The molecule has 1 aromatic rings. The number of nitrogens with zero attached hydrogens (tertiary/aromatic N) is 1. The second kappa shape index (κ2) is 7.46. The number of benzene rings is 1. The highest BCUT2D eigenvalue weighted by Gasteiger charge is 2.18. The number of terminal acetylenes is 1. The predicted molar refractivity (Wildman–Crippen MR) is 69.5 cm³/mol. The Morgan fingerprint density at radius 3 is 2.80 bits per heavy atom. The molecule has 0 aliphatic heterocycles. The molecule has 0 amide bonds. The van der Waals surface area contributed by atoms with E-state index in [1.54, 1.807) is 24.0 Å². The van der Waals surface area contributed by atoms with E-state index in [4.69, 9.17) is 11.5 Å². The van der Waals surface area contributed by atoms with Crippen LogP contribution in [0.25, 0.3) is 0 Å². The molecule has 0 saturated heterocycles. The Morgan fingerprint density at radius 1 is 1.55 bits per heavy atom. The molecule has 1 aromatic carbocycles. The Kier molecular flexibility index (Phi) is 5.94. The summed E-state index contributed by atoms with van der Waals surface area (Å²) in [4.78, 5) is 12.3. The fourth-order valence-corrected chi connectivity index (χ4v) is 1.78. The number of rotatable bonds is 7. The average molecular weight is 283 g/mol. The van der Waals surface area contributed by atoms with Crippen LogP contribution in [0.1, 0.15) is 18.5 Å². The van der Waals surface area contributed by atoms with E-state index in [0.29, 0.717) is 5.56 Å². The van der Waals surface area contributed by atoms with E-state index >= 15 is 0 Å². The van der Waals surface area contributed by atoms with Gasteiger partial charge in [-0.15, -0.1) is 6.42 Å². The lowest BCUT2D eigenvalue weighted by atomic mass is 10.1. The van der Waals surface area contributed by atoms with Gasteiger partial charge < -0.3 is 9.84 Å². The smallest absolute Gasteiger partial charge is 0.387 e. The van der Waals surface area contributed by atoms with Gasteiger partial charge in [0.2, 0.25) is 0 Å². The van der Waals surface area contributed by atoms with Gasteiger partial charge in [-0.3, -0.25) is 9.69 Å². The maximum absolute atomic E-state index is 12.2. The van der Waals surface area contributed by atoms with E-state index in [1.807, 2.05) is 0 Å². The lowest BCUT2D eigenvalue weighted by molar-refractivity contribution is -0.138. The largest absolute Gasteiger partial charge is 0.480 e. The summed E-state index contributed by atoms with van der Waals surface area (Å²) in [5.41, 5.74) is 0.652. The van der Waals surface area contributed by atoms with Gasteiger partial charge >= 0.3 is 12.6 Å². The Bertz CT molecular complexity index is 499. The van der Waals surface area contributed by atoms with Crippen LogP contribution in [0.15, 0.2) is 24.3 Å². The van der Waals surface area contributed by atoms with Crippen LogP contribution in [0, 0.1) is 12.3 Å². The number of alkyl halides is 2. The number of halogens is 2. The number of carboxylic acid groups (broad SMARTS) is 1. The van der Waals surface area contributed by atoms with Crippen molar-refractivity contribution >= 4 is 5.97 Å². The molecule has 1 unspecified atom stereocenters. The molecule has 0 saturated carbocycles. The van der Waals surface area contributed by atoms with Crippen LogP contribution < -0.4 is 4.74 Å². The summed E-state index contributed by atoms with van der Waals surface area (Å²) in [6.45, 7) is -1.23. The van der Waals surface area contributed by atoms with Crippen LogP contribution in [0.2, 0.25) is 0 Å². The van der Waals surface area contributed by atoms with Crippen LogP contribution >= 0.6 is 0 Å². The molecule has 1 atom stereocenters. The number of hydrogen-bond donors (Lipinski definition) is 1. The Labute approximate surface area is 116 Å². The summed E-state index contributed by atoms with van der Waals surface area (Å²) in [6, 6.07) is 5.79. The van der Waals surface area contributed by atoms with Gasteiger partial charge in [0.05, 0.1) is 13.1 Å². The van der Waals surface area contributed by atoms with Gasteiger partial charge in [0, 0.05) is 6.04 Å². The molecule has 0 fully saturated rings. The second-order valence-corrected chi connectivity index (χ2v) is 4.13. The van der Waals surface area contributed by atoms with Crippen molar-refractivity contribution in [2.45, 2.75) is 19.6 Å². The standard InChI is InChI=1S/C14H15F2NO3/c1-3-7-17(9-13(18)19)10(2)11-5-4-6-12(8-11)20-14(15)16/h1,4-6,8,10,14H,7,9H2,2H3,(H,18,19). The summed E-state index contributed by atoms with van der Waals surface area (Å²) in [5.74, 6) is 1.40. The van der Waals surface area contributed by atoms with Gasteiger partial charge in [0.25, 0.3) is 0 Å². The third-order valence-electron chi connectivity index (χ3n) is 2.75. The van der Waals surface area contributed by atoms with E-state index in [0.717, 1.165) is 0 Å². The maximum atomic E-state index is 12.2. The van der Waals surface area contributed by atoms with Crippen molar-refractivity contribution in [2.75, 3.05) is 13.1 Å². The molecule has 0 aromatic heterocycles. The van der Waals surface area contributed by atoms with Crippen molar-refractivity contribution in [2.24, 2.45) is 0 Å². The van der Waals surface area contributed by atoms with Gasteiger partial charge in [0.1, 0.15) is 5.75 Å². The van der Waals surface area contributed by atoms with Crippen molar-refractivity contribution in [3.8, 4) is 18.1 Å². The van der Waals surface area contributed by atoms with Gasteiger partial charge in [-0.2, -0.15) is 8.78 Å². The van der Waals surface area contributed by atoms with Gasteiger partial charge in [-0.25, -0.2) is 0 Å². The number of carbonyl (C=O) groups is 1. The summed E-state index contributed by atoms with van der Waals surface area (Å²) < 4.78 is 28.7. The van der Waals surface area contributed by atoms with E-state index in [1.165, 1.54) is 12.1 Å². The third-order valence-corrected chi connectivity index (χ3v) is 2.75. The molecular weight excluding hydrogens is 268 g/mol. The van der Waals surface area contributed by atoms with Gasteiger partial charge in [-0.1, -0.05) is 18.1 Å². The van der Waals surface area contributed by atoms with Crippen molar-refractivity contribution in [3.63, 3.8) is 0 Å². The van der Waals surface area contributed by atoms with Gasteiger partial charge in [-0.05, 0) is 24.6 Å². The molecule has 6 heteroatoms. The fraction of sp³-hybridized carbons (Fsp3) is 0.357. The normalized spacial score (nSPS) is 12.2. The first-order valence-corrected chi connectivity index (χ1v) is 5.88. The molecule has 0 spiro atoms. The van der Waals surface area contributed by atoms with E-state index in [9.17, 15) is 13.6 Å². The summed E-state index contributed by atoms with van der Waals surface area (Å²) in [5, 5.41) is 8.85. The molecular formula is C14H15F2NO3. The number of carboxylic acids is 1. The number of aliphatic carboxylic acids is 1. The molecule has 20 heavy (non-hydrogen) atoms. The fourth-order valence-electron chi connectivity index (χ4n) is 1.78. The highest BCUT2D eigenvalue weighted by atomic mass is 19.3. The zero-order valence-electron chi connectivity index (χ0n) is 10.9. The molecule has 108 valence electrons. The van der Waals surface area contributed by atoms with Crippen molar-refractivity contribution in [1.82, 2.24) is 4.90 Å². The van der Waals surface area contributed by atoms with Crippen LogP contribution in [-0.4, -0.2) is 35.7 Å². The highest BCUT2D eigenvalue weighted by molar-refractivity contribution is 5.69. The van der Waals surface area contributed by atoms with Crippen molar-refractivity contribution < 1.29 is 23.4 Å². The maximum Gasteiger partial charge on any atom is 0.387 e. The monoisotopic (exact) mass is 283 g/mol. The van der Waals surface area contributed by atoms with Gasteiger partial charge in [0.15, 0.2) is 0 Å². The minimum atomic E-state index is -2.90. The van der Waals surface area contributed by atoms with E-state index in [-0.39, 0.29) is 24.9 Å². The number of hydrogen-bond acceptors (Lipinski definition) is 3. The lowest BCUT2D eigenvalue weighted by Gasteiger charge is -2.26. The Morgan fingerprint density at radius 2 is 2.25 bits per heavy atom. The van der Waals surface area contributed by atoms with E-state index < -0.39 is 12.6 Å². The first-order chi connectivity index (χ1) is 9.43. The van der Waals surface area contributed by atoms with Crippen molar-refractivity contribution in [3.05, 3.63) is 29.8 Å². The Hall–Kier alpha value is -2.13. The summed E-state index contributed by atoms with van der Waals surface area (Å²) >= 11 is 0. The van der Waals surface area contributed by atoms with Crippen LogP contribution in [-0.2, 0) is 4.79 Å². The first kappa shape index (κ1) is 15.9. The predicted octanol–water partition coefficient (Wildman–Crippen LogP) is 2.37. The average Bonchev–Trinajstić information content (AvgIpc) is 2.36. The molecule has 4 nitrogen and oxygen atoms in total. The highest BCUT2D eigenvalue weighted by Crippen LogP contribution is 2.24. The molecule has 0 aliphatic rings. The minimum absolute atomic E-state index is 0.0281. The minimum Gasteiger partial charge on any atom is -0.480 e. The number of ether oxygens (including phenoxy) is 1. The van der Waals surface area contributed by atoms with Crippen molar-refractivity contribution in [1.29, 1.82) is 0 Å². The third kappa shape index (κ3) is 4.86. The summed E-state index contributed by atoms with van der Waals surface area (Å²) in [6.07, 6.45) is 5.21. The lowest BCUT2D eigenvalue weighted by Crippen LogP contribution is -2.32. The molecule has 1 N–H and O–H groups in total. The first-order valence-electron chi connectivity index (χ1n) is 5.88. The quantitative estimate of drug-likeness (QED) is 0.780. The zero-order chi connectivity index (χ0) is 15.1. The molecule has 0 heterocycles. The molecule has 1 rings (SSSR count). The topological polar surface area (TPSA) is 49.8 Å². The van der Waals surface area contributed by atoms with Crippen LogP contribution in [0.4, 0.5) is 8.78 Å². The van der Waals surface area contributed by atoms with E-state index in [2.05, 4.69) is 10.7 Å². The SMILES string of the molecule is C#CCN(CC(=O)O)C(C)c1cccc(OC(F)F)c1. The second-order valence-electron chi connectivity index (χ2n) is 4.13. The Balaban J connectivity index is 2.90. The summed E-state index contributed by atoms with van der Waals surface area (Å²) in [7, 11) is 0. The zero-order valence-corrected chi connectivity index (χ0v) is 10.9. The van der Waals surface area contributed by atoms with Crippen LogP contribution in [0.5, 0.6) is 5.75 Å².